The zero-order valence-corrected chi connectivity index (χ0v) is 14.9. The maximum absolute atomic E-state index is 13.5. The average molecular weight is 382 g/mol. The summed E-state index contributed by atoms with van der Waals surface area (Å²) in [6, 6.07) is 12.6. The molecule has 2 heterocycles. The quantitative estimate of drug-likeness (QED) is 0.630. The lowest BCUT2D eigenvalue weighted by Crippen LogP contribution is -2.55. The Morgan fingerprint density at radius 2 is 1.96 bits per heavy atom. The van der Waals surface area contributed by atoms with Crippen molar-refractivity contribution in [3.8, 4) is 0 Å². The molecule has 1 saturated heterocycles. The van der Waals surface area contributed by atoms with Gasteiger partial charge in [0.1, 0.15) is 23.1 Å². The van der Waals surface area contributed by atoms with E-state index < -0.39 is 28.9 Å². The van der Waals surface area contributed by atoms with Crippen LogP contribution in [0.2, 0.25) is 0 Å². The highest BCUT2D eigenvalue weighted by molar-refractivity contribution is 5.97. The van der Waals surface area contributed by atoms with Crippen molar-refractivity contribution in [2.75, 3.05) is 13.1 Å². The normalized spacial score (nSPS) is 22.4. The van der Waals surface area contributed by atoms with E-state index in [1.807, 2.05) is 6.07 Å². The number of piperidine rings is 1. The Labute approximate surface area is 159 Å². The molecule has 1 aliphatic rings. The molecule has 0 radical (unpaired) electrons. The molecular formula is C21H19FN2O4. The fourth-order valence-electron chi connectivity index (χ4n) is 3.69. The van der Waals surface area contributed by atoms with E-state index in [2.05, 4.69) is 4.98 Å². The van der Waals surface area contributed by atoms with E-state index >= 15 is 0 Å². The molecule has 0 saturated carbocycles. The van der Waals surface area contributed by atoms with Gasteiger partial charge in [-0.15, -0.1) is 0 Å². The van der Waals surface area contributed by atoms with Crippen LogP contribution in [-0.4, -0.2) is 45.2 Å². The molecule has 4 rings (SSSR count). The van der Waals surface area contributed by atoms with Gasteiger partial charge in [0.25, 0.3) is 5.91 Å². The van der Waals surface area contributed by atoms with Crippen molar-refractivity contribution in [1.29, 1.82) is 0 Å². The summed E-state index contributed by atoms with van der Waals surface area (Å²) in [6.45, 7) is 0.0484. The van der Waals surface area contributed by atoms with Crippen molar-refractivity contribution < 1.29 is 19.4 Å². The van der Waals surface area contributed by atoms with Gasteiger partial charge in [-0.1, -0.05) is 30.3 Å². The van der Waals surface area contributed by atoms with Crippen LogP contribution in [-0.2, 0) is 5.60 Å². The largest absolute Gasteiger partial charge is 0.388 e. The number of H-pyrrole nitrogens is 1. The zero-order chi connectivity index (χ0) is 19.9. The number of aliphatic hydroxyl groups is 2. The number of aliphatic hydroxyl groups excluding tert-OH is 1. The van der Waals surface area contributed by atoms with E-state index in [1.165, 1.54) is 23.2 Å². The molecule has 3 N–H and O–H groups in total. The predicted molar refractivity (Wildman–Crippen MR) is 101 cm³/mol. The van der Waals surface area contributed by atoms with Gasteiger partial charge < -0.3 is 20.1 Å². The summed E-state index contributed by atoms with van der Waals surface area (Å²) in [5.74, 6) is -1.13. The minimum atomic E-state index is -1.46. The smallest absolute Gasteiger partial charge is 0.259 e. The van der Waals surface area contributed by atoms with Crippen molar-refractivity contribution in [1.82, 2.24) is 9.88 Å². The average Bonchev–Trinajstić information content (AvgIpc) is 2.71. The number of carbonyl (C=O) groups excluding carboxylic acids is 1. The summed E-state index contributed by atoms with van der Waals surface area (Å²) in [6.07, 6.45) is 0.226. The molecule has 144 valence electrons. The summed E-state index contributed by atoms with van der Waals surface area (Å²) in [5.41, 5.74) is -1.16. The molecule has 1 amide bonds. The van der Waals surface area contributed by atoms with E-state index in [4.69, 9.17) is 0 Å². The number of β-amino-alcohol motifs (C(OH)–C–C–N with tert-alkyl or cyclic N) is 1. The number of hydrogen-bond acceptors (Lipinski definition) is 4. The molecule has 0 unspecified atom stereocenters. The second-order valence-electron chi connectivity index (χ2n) is 7.03. The standard InChI is InChI=1S/C21H19FN2O4/c22-14-6-7-17-15(10-14)19(26)16(11-23-17)20(27)24-9-8-21(28,18(25)12-24)13-4-2-1-3-5-13/h1-7,10-11,18,25,28H,8-9,12H2,(H,23,26)/t18-,21-/m0/s1. The Hall–Kier alpha value is -3.03. The maximum Gasteiger partial charge on any atom is 0.259 e. The Bertz CT molecular complexity index is 1100. The Morgan fingerprint density at radius 1 is 1.21 bits per heavy atom. The minimum Gasteiger partial charge on any atom is -0.388 e. The Kier molecular flexibility index (Phi) is 4.49. The third-order valence-corrected chi connectivity index (χ3v) is 5.34. The number of aromatic nitrogens is 1. The van der Waals surface area contributed by atoms with E-state index in [9.17, 15) is 24.2 Å². The second-order valence-corrected chi connectivity index (χ2v) is 7.03. The first-order valence-electron chi connectivity index (χ1n) is 8.96. The third kappa shape index (κ3) is 2.98. The first kappa shape index (κ1) is 18.3. The third-order valence-electron chi connectivity index (χ3n) is 5.34. The first-order chi connectivity index (χ1) is 13.4. The Balaban J connectivity index is 1.61. The van der Waals surface area contributed by atoms with Crippen LogP contribution in [0.3, 0.4) is 0 Å². The lowest BCUT2D eigenvalue weighted by atomic mass is 9.82. The summed E-state index contributed by atoms with van der Waals surface area (Å²) in [5, 5.41) is 21.5. The van der Waals surface area contributed by atoms with Gasteiger partial charge in [-0.3, -0.25) is 9.59 Å². The van der Waals surface area contributed by atoms with E-state index in [0.717, 1.165) is 6.07 Å². The van der Waals surface area contributed by atoms with Crippen LogP contribution in [0.15, 0.2) is 59.5 Å². The molecule has 3 aromatic rings. The van der Waals surface area contributed by atoms with Gasteiger partial charge in [-0.05, 0) is 23.8 Å². The number of nitrogens with one attached hydrogen (secondary N) is 1. The topological polar surface area (TPSA) is 93.6 Å². The molecule has 2 aromatic carbocycles. The number of aromatic amines is 1. The van der Waals surface area contributed by atoms with Crippen LogP contribution in [0.4, 0.5) is 4.39 Å². The maximum atomic E-state index is 13.5. The van der Waals surface area contributed by atoms with Gasteiger partial charge in [0.2, 0.25) is 5.43 Å². The molecule has 28 heavy (non-hydrogen) atoms. The van der Waals surface area contributed by atoms with Crippen LogP contribution >= 0.6 is 0 Å². The van der Waals surface area contributed by atoms with Crippen molar-refractivity contribution in [3.63, 3.8) is 0 Å². The van der Waals surface area contributed by atoms with Gasteiger partial charge in [0.15, 0.2) is 0 Å². The van der Waals surface area contributed by atoms with Crippen molar-refractivity contribution in [3.05, 3.63) is 81.9 Å². The molecule has 0 spiro atoms. The van der Waals surface area contributed by atoms with E-state index in [-0.39, 0.29) is 30.5 Å². The monoisotopic (exact) mass is 382 g/mol. The summed E-state index contributed by atoms with van der Waals surface area (Å²) >= 11 is 0. The van der Waals surface area contributed by atoms with Crippen molar-refractivity contribution >= 4 is 16.8 Å². The second kappa shape index (κ2) is 6.85. The van der Waals surface area contributed by atoms with Crippen molar-refractivity contribution in [2.45, 2.75) is 18.1 Å². The summed E-state index contributed by atoms with van der Waals surface area (Å²) < 4.78 is 13.5. The number of pyridine rings is 1. The molecule has 6 nitrogen and oxygen atoms in total. The van der Waals surface area contributed by atoms with Gasteiger partial charge in [-0.2, -0.15) is 0 Å². The van der Waals surface area contributed by atoms with Crippen LogP contribution in [0.25, 0.3) is 10.9 Å². The van der Waals surface area contributed by atoms with E-state index in [1.54, 1.807) is 24.3 Å². The van der Waals surface area contributed by atoms with Crippen LogP contribution in [0.1, 0.15) is 22.3 Å². The van der Waals surface area contributed by atoms with Crippen LogP contribution in [0.5, 0.6) is 0 Å². The lowest BCUT2D eigenvalue weighted by Gasteiger charge is -2.42. The molecule has 2 atom stereocenters. The molecular weight excluding hydrogens is 363 g/mol. The highest BCUT2D eigenvalue weighted by atomic mass is 19.1. The van der Waals surface area contributed by atoms with Gasteiger partial charge in [-0.25, -0.2) is 4.39 Å². The number of likely N-dealkylation sites (tertiary alicyclic amines) is 1. The van der Waals surface area contributed by atoms with Gasteiger partial charge in [0, 0.05) is 30.1 Å². The number of hydrogen-bond donors (Lipinski definition) is 3. The lowest BCUT2D eigenvalue weighted by molar-refractivity contribution is -0.118. The molecule has 0 aliphatic carbocycles. The zero-order valence-electron chi connectivity index (χ0n) is 14.9. The molecule has 0 bridgehead atoms. The van der Waals surface area contributed by atoms with Crippen molar-refractivity contribution in [2.24, 2.45) is 0 Å². The number of nitrogens with zero attached hydrogens (tertiary/aromatic N) is 1. The highest BCUT2D eigenvalue weighted by Gasteiger charge is 2.43. The number of benzene rings is 2. The SMILES string of the molecule is O=C(c1c[nH]c2ccc(F)cc2c1=O)N1CC[C@](O)(c2ccccc2)[C@@H](O)C1. The van der Waals surface area contributed by atoms with Crippen LogP contribution in [0, 0.1) is 5.82 Å². The highest BCUT2D eigenvalue weighted by Crippen LogP contribution is 2.33. The summed E-state index contributed by atoms with van der Waals surface area (Å²) in [4.78, 5) is 29.7. The number of amides is 1. The number of halogens is 1. The Morgan fingerprint density at radius 3 is 2.68 bits per heavy atom. The predicted octanol–water partition coefficient (Wildman–Crippen LogP) is 1.76. The van der Waals surface area contributed by atoms with E-state index in [0.29, 0.717) is 11.1 Å². The number of rotatable bonds is 2. The number of fused-ring (bicyclic) bond motifs is 1. The number of carbonyl (C=O) groups is 1. The summed E-state index contributed by atoms with van der Waals surface area (Å²) in [7, 11) is 0. The molecule has 1 aliphatic heterocycles. The molecule has 1 aromatic heterocycles. The minimum absolute atomic E-state index is 0.0872. The van der Waals surface area contributed by atoms with Gasteiger partial charge >= 0.3 is 0 Å². The molecule has 7 heteroatoms. The van der Waals surface area contributed by atoms with Crippen LogP contribution < -0.4 is 5.43 Å². The first-order valence-corrected chi connectivity index (χ1v) is 8.96. The fraction of sp³-hybridized carbons (Fsp3) is 0.238. The van der Waals surface area contributed by atoms with Gasteiger partial charge in [0.05, 0.1) is 6.54 Å². The fourth-order valence-corrected chi connectivity index (χ4v) is 3.69. The molecule has 1 fully saturated rings.